The van der Waals surface area contributed by atoms with Crippen molar-refractivity contribution >= 4 is 5.69 Å². The molecule has 0 saturated carbocycles. The molecule has 0 aliphatic rings. The van der Waals surface area contributed by atoms with Crippen LogP contribution in [-0.4, -0.2) is 36.1 Å². The Morgan fingerprint density at radius 3 is 2.62 bits per heavy atom. The second kappa shape index (κ2) is 8.39. The van der Waals surface area contributed by atoms with E-state index >= 15 is 0 Å². The van der Waals surface area contributed by atoms with Crippen LogP contribution in [0.1, 0.15) is 5.56 Å². The first kappa shape index (κ1) is 17.9. The number of hydrogen-bond donors (Lipinski definition) is 2. The lowest BCUT2D eigenvalue weighted by atomic mass is 10.2. The zero-order valence-electron chi connectivity index (χ0n) is 12.7. The van der Waals surface area contributed by atoms with Crippen molar-refractivity contribution in [2.75, 3.05) is 25.1 Å². The van der Waals surface area contributed by atoms with Gasteiger partial charge in [0.1, 0.15) is 12.4 Å². The monoisotopic (exact) mass is 342 g/mol. The van der Waals surface area contributed by atoms with Gasteiger partial charge in [-0.05, 0) is 23.8 Å². The Balaban J connectivity index is 1.87. The molecule has 5 nitrogen and oxygen atoms in total. The number of ether oxygens (including phenoxy) is 2. The Hall–Kier alpha value is -2.48. The molecule has 0 fully saturated rings. The molecule has 24 heavy (non-hydrogen) atoms. The Kier molecular flexibility index (Phi) is 6.25. The summed E-state index contributed by atoms with van der Waals surface area (Å²) in [7, 11) is 0. The van der Waals surface area contributed by atoms with E-state index in [9.17, 15) is 13.2 Å². The molecule has 2 aromatic rings. The van der Waals surface area contributed by atoms with Gasteiger partial charge in [0, 0.05) is 12.6 Å². The molecule has 1 aromatic heterocycles. The van der Waals surface area contributed by atoms with Gasteiger partial charge >= 0.3 is 6.18 Å². The molecule has 2 rings (SSSR count). The fourth-order valence-electron chi connectivity index (χ4n) is 1.83. The van der Waals surface area contributed by atoms with E-state index in [4.69, 9.17) is 14.6 Å². The zero-order valence-corrected chi connectivity index (χ0v) is 12.7. The minimum atomic E-state index is -4.36. The van der Waals surface area contributed by atoms with Crippen molar-refractivity contribution in [3.05, 3.63) is 48.2 Å². The third kappa shape index (κ3) is 6.33. The number of nitrogens with zero attached hydrogens (tertiary/aromatic N) is 1. The number of pyridine rings is 1. The smallest absolute Gasteiger partial charge is 0.422 e. The Bertz CT molecular complexity index is 633. The highest BCUT2D eigenvalue weighted by atomic mass is 19.4. The van der Waals surface area contributed by atoms with Crippen LogP contribution >= 0.6 is 0 Å². The molecular formula is C16H17F3N2O3. The molecule has 1 heterocycles. The molecule has 8 heteroatoms. The van der Waals surface area contributed by atoms with Crippen LogP contribution in [0.3, 0.4) is 0 Å². The van der Waals surface area contributed by atoms with E-state index in [2.05, 4.69) is 10.3 Å². The first-order valence-electron chi connectivity index (χ1n) is 7.18. The summed E-state index contributed by atoms with van der Waals surface area (Å²) in [6.07, 6.45) is -2.80. The lowest BCUT2D eigenvalue weighted by Crippen LogP contribution is -2.19. The first-order valence-corrected chi connectivity index (χ1v) is 7.18. The predicted molar refractivity (Wildman–Crippen MR) is 82.1 cm³/mol. The molecule has 0 aliphatic carbocycles. The van der Waals surface area contributed by atoms with Crippen LogP contribution in [0.4, 0.5) is 18.9 Å². The highest BCUT2D eigenvalue weighted by Gasteiger charge is 2.28. The molecule has 0 saturated heterocycles. The SMILES string of the molecule is OCCOc1ccc(NCc2cccc(OCC(F)(F)F)c2)cn1. The Morgan fingerprint density at radius 2 is 1.96 bits per heavy atom. The summed E-state index contributed by atoms with van der Waals surface area (Å²) in [4.78, 5) is 4.06. The first-order chi connectivity index (χ1) is 11.5. The quantitative estimate of drug-likeness (QED) is 0.772. The van der Waals surface area contributed by atoms with E-state index in [0.29, 0.717) is 12.4 Å². The maximum Gasteiger partial charge on any atom is 0.422 e. The van der Waals surface area contributed by atoms with Crippen molar-refractivity contribution in [3.63, 3.8) is 0 Å². The van der Waals surface area contributed by atoms with Gasteiger partial charge in [-0.1, -0.05) is 12.1 Å². The average Bonchev–Trinajstić information content (AvgIpc) is 2.57. The van der Waals surface area contributed by atoms with Gasteiger partial charge in [0.2, 0.25) is 5.88 Å². The number of alkyl halides is 3. The second-order valence-electron chi connectivity index (χ2n) is 4.86. The highest BCUT2D eigenvalue weighted by Crippen LogP contribution is 2.20. The van der Waals surface area contributed by atoms with Crippen molar-refractivity contribution in [1.29, 1.82) is 0 Å². The summed E-state index contributed by atoms with van der Waals surface area (Å²) in [5.74, 6) is 0.564. The number of nitrogens with one attached hydrogen (secondary N) is 1. The van der Waals surface area contributed by atoms with E-state index in [1.54, 1.807) is 36.5 Å². The standard InChI is InChI=1S/C16H17F3N2O3/c17-16(18,19)11-24-14-3-1-2-12(8-14)9-20-13-4-5-15(21-10-13)23-7-6-22/h1-5,8,10,20,22H,6-7,9,11H2. The van der Waals surface area contributed by atoms with Crippen LogP contribution in [0.5, 0.6) is 11.6 Å². The fourth-order valence-corrected chi connectivity index (χ4v) is 1.83. The summed E-state index contributed by atoms with van der Waals surface area (Å²) in [6, 6.07) is 9.84. The number of aromatic nitrogens is 1. The van der Waals surface area contributed by atoms with Gasteiger partial charge in [-0.2, -0.15) is 13.2 Å². The third-order valence-electron chi connectivity index (χ3n) is 2.88. The van der Waals surface area contributed by atoms with Crippen LogP contribution < -0.4 is 14.8 Å². The molecule has 2 N–H and O–H groups in total. The van der Waals surface area contributed by atoms with E-state index in [1.165, 1.54) is 6.07 Å². The van der Waals surface area contributed by atoms with E-state index in [-0.39, 0.29) is 19.0 Å². The largest absolute Gasteiger partial charge is 0.484 e. The van der Waals surface area contributed by atoms with Gasteiger partial charge in [-0.3, -0.25) is 0 Å². The molecule has 130 valence electrons. The lowest BCUT2D eigenvalue weighted by molar-refractivity contribution is -0.153. The number of rotatable bonds is 8. The Labute approximate surface area is 137 Å². The van der Waals surface area contributed by atoms with Gasteiger partial charge in [-0.15, -0.1) is 0 Å². The van der Waals surface area contributed by atoms with Crippen LogP contribution in [0, 0.1) is 0 Å². The highest BCUT2D eigenvalue weighted by molar-refractivity contribution is 5.43. The summed E-state index contributed by atoms with van der Waals surface area (Å²) in [5.41, 5.74) is 1.50. The van der Waals surface area contributed by atoms with Crippen LogP contribution in [0.15, 0.2) is 42.6 Å². The van der Waals surface area contributed by atoms with Crippen molar-refractivity contribution in [2.24, 2.45) is 0 Å². The van der Waals surface area contributed by atoms with Gasteiger partial charge in [-0.25, -0.2) is 4.98 Å². The molecule has 0 unspecified atom stereocenters. The van der Waals surface area contributed by atoms with Crippen LogP contribution in [0.2, 0.25) is 0 Å². The van der Waals surface area contributed by atoms with Gasteiger partial charge in [0.05, 0.1) is 18.5 Å². The van der Waals surface area contributed by atoms with Gasteiger partial charge in [0.25, 0.3) is 0 Å². The average molecular weight is 342 g/mol. The third-order valence-corrected chi connectivity index (χ3v) is 2.88. The minimum Gasteiger partial charge on any atom is -0.484 e. The summed E-state index contributed by atoms with van der Waals surface area (Å²) < 4.78 is 46.3. The normalized spacial score (nSPS) is 11.2. The van der Waals surface area contributed by atoms with Crippen molar-refractivity contribution in [3.8, 4) is 11.6 Å². The topological polar surface area (TPSA) is 63.6 Å². The molecule has 0 amide bonds. The second-order valence-corrected chi connectivity index (χ2v) is 4.86. The maximum absolute atomic E-state index is 12.2. The molecule has 0 aliphatic heterocycles. The van der Waals surface area contributed by atoms with Crippen LogP contribution in [0.25, 0.3) is 0 Å². The van der Waals surface area contributed by atoms with Crippen molar-refractivity contribution in [1.82, 2.24) is 4.98 Å². The summed E-state index contributed by atoms with van der Waals surface area (Å²) >= 11 is 0. The summed E-state index contributed by atoms with van der Waals surface area (Å²) in [5, 5.41) is 11.8. The van der Waals surface area contributed by atoms with Gasteiger partial charge < -0.3 is 19.9 Å². The number of halogens is 3. The maximum atomic E-state index is 12.2. The fraction of sp³-hybridized carbons (Fsp3) is 0.312. The molecule has 0 spiro atoms. The number of anilines is 1. The molecule has 1 aromatic carbocycles. The van der Waals surface area contributed by atoms with E-state index < -0.39 is 12.8 Å². The van der Waals surface area contributed by atoms with E-state index in [1.807, 2.05) is 0 Å². The van der Waals surface area contributed by atoms with Gasteiger partial charge in [0.15, 0.2) is 6.61 Å². The Morgan fingerprint density at radius 1 is 1.12 bits per heavy atom. The predicted octanol–water partition coefficient (Wildman–Crippen LogP) is 3.01. The minimum absolute atomic E-state index is 0.0889. The molecular weight excluding hydrogens is 325 g/mol. The van der Waals surface area contributed by atoms with E-state index in [0.717, 1.165) is 11.3 Å². The number of aliphatic hydroxyl groups excluding tert-OH is 1. The van der Waals surface area contributed by atoms with Crippen molar-refractivity contribution < 1.29 is 27.8 Å². The van der Waals surface area contributed by atoms with Crippen LogP contribution in [-0.2, 0) is 6.54 Å². The van der Waals surface area contributed by atoms with Crippen molar-refractivity contribution in [2.45, 2.75) is 12.7 Å². The number of aliphatic hydroxyl groups is 1. The lowest BCUT2D eigenvalue weighted by Gasteiger charge is -2.11. The number of benzene rings is 1. The number of hydrogen-bond acceptors (Lipinski definition) is 5. The molecule has 0 atom stereocenters. The zero-order chi connectivity index (χ0) is 17.4. The summed E-state index contributed by atoms with van der Waals surface area (Å²) in [6.45, 7) is -0.830. The molecule has 0 radical (unpaired) electrons. The molecule has 0 bridgehead atoms.